The van der Waals surface area contributed by atoms with Gasteiger partial charge in [0.2, 0.25) is 0 Å². The molecular formula is C11H25NOS. The van der Waals surface area contributed by atoms with Gasteiger partial charge in [-0.25, -0.2) is 0 Å². The first kappa shape index (κ1) is 14.3. The first-order valence-electron chi connectivity index (χ1n) is 5.40. The Balaban J connectivity index is 3.40. The lowest BCUT2D eigenvalue weighted by Gasteiger charge is -2.24. The van der Waals surface area contributed by atoms with Gasteiger partial charge in [-0.2, -0.15) is 11.8 Å². The van der Waals surface area contributed by atoms with Crippen LogP contribution in [0.4, 0.5) is 0 Å². The van der Waals surface area contributed by atoms with Crippen molar-refractivity contribution in [3.05, 3.63) is 0 Å². The highest BCUT2D eigenvalue weighted by Gasteiger charge is 2.16. The molecule has 0 rings (SSSR count). The zero-order chi connectivity index (χ0) is 10.9. The Bertz CT molecular complexity index is 128. The van der Waals surface area contributed by atoms with Gasteiger partial charge < -0.3 is 10.1 Å². The molecule has 0 spiro atoms. The van der Waals surface area contributed by atoms with Crippen LogP contribution in [0.5, 0.6) is 0 Å². The number of rotatable bonds is 9. The number of nitrogens with one attached hydrogen (secondary N) is 1. The molecule has 0 atom stereocenters. The number of hydrogen-bond donors (Lipinski definition) is 1. The van der Waals surface area contributed by atoms with Crippen LogP contribution in [0.1, 0.15) is 27.2 Å². The number of hydrogen-bond acceptors (Lipinski definition) is 3. The van der Waals surface area contributed by atoms with Crippen LogP contribution >= 0.6 is 11.8 Å². The predicted molar refractivity (Wildman–Crippen MR) is 66.1 cm³/mol. The SMILES string of the molecule is CCSCCC(C)(C)CNCCOC. The van der Waals surface area contributed by atoms with Crippen LogP contribution in [0, 0.1) is 5.41 Å². The summed E-state index contributed by atoms with van der Waals surface area (Å²) in [5.41, 5.74) is 0.413. The Labute approximate surface area is 93.2 Å². The summed E-state index contributed by atoms with van der Waals surface area (Å²) in [6.07, 6.45) is 1.28. The summed E-state index contributed by atoms with van der Waals surface area (Å²) < 4.78 is 4.99. The van der Waals surface area contributed by atoms with Crippen molar-refractivity contribution < 1.29 is 4.74 Å². The molecule has 14 heavy (non-hydrogen) atoms. The van der Waals surface area contributed by atoms with E-state index in [1.54, 1.807) is 7.11 Å². The van der Waals surface area contributed by atoms with Crippen LogP contribution in [0.3, 0.4) is 0 Å². The molecule has 0 aliphatic rings. The Morgan fingerprint density at radius 1 is 1.36 bits per heavy atom. The standard InChI is InChI=1S/C11H25NOS/c1-5-14-9-6-11(2,3)10-12-7-8-13-4/h12H,5-10H2,1-4H3. The lowest BCUT2D eigenvalue weighted by Crippen LogP contribution is -2.32. The third-order valence-electron chi connectivity index (χ3n) is 2.21. The molecule has 0 aromatic rings. The van der Waals surface area contributed by atoms with Gasteiger partial charge in [0, 0.05) is 20.2 Å². The maximum absolute atomic E-state index is 4.99. The molecule has 3 heteroatoms. The molecule has 0 saturated carbocycles. The van der Waals surface area contributed by atoms with E-state index in [0.717, 1.165) is 19.7 Å². The van der Waals surface area contributed by atoms with E-state index in [0.29, 0.717) is 5.41 Å². The fourth-order valence-electron chi connectivity index (χ4n) is 1.18. The Morgan fingerprint density at radius 2 is 2.07 bits per heavy atom. The second-order valence-electron chi connectivity index (χ2n) is 4.28. The van der Waals surface area contributed by atoms with E-state index in [1.807, 2.05) is 11.8 Å². The zero-order valence-corrected chi connectivity index (χ0v) is 10.9. The Hall–Kier alpha value is 0.270. The van der Waals surface area contributed by atoms with E-state index in [4.69, 9.17) is 4.74 Å². The van der Waals surface area contributed by atoms with Crippen LogP contribution in [-0.4, -0.2) is 38.3 Å². The predicted octanol–water partition coefficient (Wildman–Crippen LogP) is 2.39. The molecule has 2 nitrogen and oxygen atoms in total. The highest BCUT2D eigenvalue weighted by atomic mass is 32.2. The molecule has 0 bridgehead atoms. The second-order valence-corrected chi connectivity index (χ2v) is 5.67. The molecule has 0 aromatic heterocycles. The minimum absolute atomic E-state index is 0.413. The van der Waals surface area contributed by atoms with Gasteiger partial charge in [-0.3, -0.25) is 0 Å². The summed E-state index contributed by atoms with van der Waals surface area (Å²) in [5, 5.41) is 3.42. The Morgan fingerprint density at radius 3 is 2.64 bits per heavy atom. The highest BCUT2D eigenvalue weighted by molar-refractivity contribution is 7.99. The van der Waals surface area contributed by atoms with Gasteiger partial charge in [0.15, 0.2) is 0 Å². The third-order valence-corrected chi connectivity index (χ3v) is 3.11. The summed E-state index contributed by atoms with van der Waals surface area (Å²) in [4.78, 5) is 0. The first-order valence-corrected chi connectivity index (χ1v) is 6.55. The molecule has 1 N–H and O–H groups in total. The highest BCUT2D eigenvalue weighted by Crippen LogP contribution is 2.21. The van der Waals surface area contributed by atoms with Crippen LogP contribution in [-0.2, 0) is 4.74 Å². The molecule has 86 valence electrons. The molecule has 0 aromatic carbocycles. The summed E-state index contributed by atoms with van der Waals surface area (Å²) in [5.74, 6) is 2.50. The summed E-state index contributed by atoms with van der Waals surface area (Å²) in [7, 11) is 1.74. The number of ether oxygens (including phenoxy) is 1. The first-order chi connectivity index (χ1) is 6.62. The van der Waals surface area contributed by atoms with Crippen LogP contribution in [0.2, 0.25) is 0 Å². The molecule has 0 aliphatic carbocycles. The average molecular weight is 219 g/mol. The molecule has 0 fully saturated rings. The molecule has 0 saturated heterocycles. The number of methoxy groups -OCH3 is 1. The number of thioether (sulfide) groups is 1. The molecule has 0 heterocycles. The largest absolute Gasteiger partial charge is 0.383 e. The van der Waals surface area contributed by atoms with Crippen molar-refractivity contribution in [3.63, 3.8) is 0 Å². The van der Waals surface area contributed by atoms with Gasteiger partial charge in [0.1, 0.15) is 0 Å². The van der Waals surface area contributed by atoms with E-state index < -0.39 is 0 Å². The maximum atomic E-state index is 4.99. The van der Waals surface area contributed by atoms with Crippen LogP contribution < -0.4 is 5.32 Å². The molecule has 0 aliphatic heterocycles. The Kier molecular flexibility index (Phi) is 8.73. The molecule has 0 radical (unpaired) electrons. The molecule has 0 unspecified atom stereocenters. The normalized spacial score (nSPS) is 12.0. The average Bonchev–Trinajstić information content (AvgIpc) is 2.13. The quantitative estimate of drug-likeness (QED) is 0.602. The van der Waals surface area contributed by atoms with E-state index >= 15 is 0 Å². The van der Waals surface area contributed by atoms with Crippen LogP contribution in [0.15, 0.2) is 0 Å². The van der Waals surface area contributed by atoms with Gasteiger partial charge >= 0.3 is 0 Å². The van der Waals surface area contributed by atoms with E-state index in [2.05, 4.69) is 26.1 Å². The minimum Gasteiger partial charge on any atom is -0.383 e. The smallest absolute Gasteiger partial charge is 0.0587 e. The van der Waals surface area contributed by atoms with Gasteiger partial charge in [-0.1, -0.05) is 20.8 Å². The third kappa shape index (κ3) is 8.85. The van der Waals surface area contributed by atoms with Crippen molar-refractivity contribution in [2.24, 2.45) is 5.41 Å². The maximum Gasteiger partial charge on any atom is 0.0587 e. The van der Waals surface area contributed by atoms with Crippen molar-refractivity contribution in [1.82, 2.24) is 5.32 Å². The fraction of sp³-hybridized carbons (Fsp3) is 1.00. The van der Waals surface area contributed by atoms with E-state index in [9.17, 15) is 0 Å². The van der Waals surface area contributed by atoms with Crippen molar-refractivity contribution in [1.29, 1.82) is 0 Å². The monoisotopic (exact) mass is 219 g/mol. The topological polar surface area (TPSA) is 21.3 Å². The van der Waals surface area contributed by atoms with Crippen molar-refractivity contribution in [3.8, 4) is 0 Å². The lowest BCUT2D eigenvalue weighted by molar-refractivity contribution is 0.193. The van der Waals surface area contributed by atoms with E-state index in [-0.39, 0.29) is 0 Å². The van der Waals surface area contributed by atoms with Gasteiger partial charge in [0.25, 0.3) is 0 Å². The summed E-state index contributed by atoms with van der Waals surface area (Å²) >= 11 is 2.03. The van der Waals surface area contributed by atoms with Gasteiger partial charge in [-0.05, 0) is 23.3 Å². The zero-order valence-electron chi connectivity index (χ0n) is 10.1. The van der Waals surface area contributed by atoms with Crippen molar-refractivity contribution in [2.45, 2.75) is 27.2 Å². The van der Waals surface area contributed by atoms with Crippen molar-refractivity contribution in [2.75, 3.05) is 38.3 Å². The van der Waals surface area contributed by atoms with Gasteiger partial charge in [-0.15, -0.1) is 0 Å². The minimum atomic E-state index is 0.413. The summed E-state index contributed by atoms with van der Waals surface area (Å²) in [6, 6.07) is 0. The lowest BCUT2D eigenvalue weighted by atomic mass is 9.90. The van der Waals surface area contributed by atoms with Gasteiger partial charge in [0.05, 0.1) is 6.61 Å². The second kappa shape index (κ2) is 8.57. The van der Waals surface area contributed by atoms with Crippen molar-refractivity contribution >= 4 is 11.8 Å². The summed E-state index contributed by atoms with van der Waals surface area (Å²) in [6.45, 7) is 9.71. The molecule has 0 amide bonds. The molecular weight excluding hydrogens is 194 g/mol. The van der Waals surface area contributed by atoms with Crippen LogP contribution in [0.25, 0.3) is 0 Å². The fourth-order valence-corrected chi connectivity index (χ4v) is 2.17. The van der Waals surface area contributed by atoms with E-state index in [1.165, 1.54) is 17.9 Å².